The third-order valence-electron chi connectivity index (χ3n) is 3.85. The molecule has 150 valence electrons. The van der Waals surface area contributed by atoms with E-state index in [4.69, 9.17) is 0 Å². The van der Waals surface area contributed by atoms with Crippen LogP contribution >= 0.6 is 11.3 Å². The number of ether oxygens (including phenoxy) is 2. The van der Waals surface area contributed by atoms with E-state index in [2.05, 4.69) is 9.47 Å². The normalized spacial score (nSPS) is 11.0. The Bertz CT molecular complexity index is 994. The molecular weight excluding hydrogens is 406 g/mol. The molecule has 0 fully saturated rings. The van der Waals surface area contributed by atoms with Crippen LogP contribution < -0.4 is 4.72 Å². The van der Waals surface area contributed by atoms with Crippen molar-refractivity contribution in [3.05, 3.63) is 51.9 Å². The number of esters is 2. The van der Waals surface area contributed by atoms with E-state index in [9.17, 15) is 22.8 Å². The van der Waals surface area contributed by atoms with Crippen LogP contribution in [0.3, 0.4) is 0 Å². The molecule has 10 heteroatoms. The van der Waals surface area contributed by atoms with Crippen LogP contribution in [0.4, 0.5) is 0 Å². The maximum absolute atomic E-state index is 12.7. The molecule has 0 saturated heterocycles. The van der Waals surface area contributed by atoms with E-state index in [0.717, 1.165) is 19.8 Å². The molecule has 1 amide bonds. The summed E-state index contributed by atoms with van der Waals surface area (Å²) >= 11 is 0.548. The van der Waals surface area contributed by atoms with Crippen molar-refractivity contribution in [2.45, 2.75) is 24.0 Å². The second-order valence-corrected chi connectivity index (χ2v) is 8.61. The van der Waals surface area contributed by atoms with Crippen molar-refractivity contribution in [2.24, 2.45) is 0 Å². The van der Waals surface area contributed by atoms with Gasteiger partial charge in [-0.25, -0.2) is 22.7 Å². The van der Waals surface area contributed by atoms with Gasteiger partial charge in [-0.3, -0.25) is 4.79 Å². The predicted octanol–water partition coefficient (Wildman–Crippen LogP) is 2.07. The van der Waals surface area contributed by atoms with Gasteiger partial charge in [0.15, 0.2) is 4.21 Å². The molecule has 0 atom stereocenters. The van der Waals surface area contributed by atoms with Gasteiger partial charge in [0.2, 0.25) is 5.91 Å². The van der Waals surface area contributed by atoms with Crippen molar-refractivity contribution in [2.75, 3.05) is 14.2 Å². The summed E-state index contributed by atoms with van der Waals surface area (Å²) in [6.45, 7) is 1.41. The Hall–Kier alpha value is -2.72. The standard InChI is InChI=1S/C18H19NO7S2/c1-11-14(16(21)25-2)18(27-15(11)17(22)26-3)28(23,24)19-13(20)10-9-12-7-5-4-6-8-12/h4-8H,9-10H2,1-3H3,(H,19,20). The van der Waals surface area contributed by atoms with Gasteiger partial charge in [0.25, 0.3) is 10.0 Å². The fourth-order valence-electron chi connectivity index (χ4n) is 2.45. The average Bonchev–Trinajstić information content (AvgIpc) is 3.03. The summed E-state index contributed by atoms with van der Waals surface area (Å²) in [6.07, 6.45) is 0.286. The van der Waals surface area contributed by atoms with Crippen molar-refractivity contribution >= 4 is 39.2 Å². The van der Waals surface area contributed by atoms with Gasteiger partial charge >= 0.3 is 11.9 Å². The quantitative estimate of drug-likeness (QED) is 0.675. The van der Waals surface area contributed by atoms with Crippen LogP contribution in [0.5, 0.6) is 0 Å². The molecule has 8 nitrogen and oxygen atoms in total. The Balaban J connectivity index is 2.29. The zero-order valence-corrected chi connectivity index (χ0v) is 17.1. The summed E-state index contributed by atoms with van der Waals surface area (Å²) in [4.78, 5) is 36.0. The van der Waals surface area contributed by atoms with E-state index in [1.807, 2.05) is 35.1 Å². The van der Waals surface area contributed by atoms with E-state index in [-0.39, 0.29) is 22.4 Å². The summed E-state index contributed by atoms with van der Waals surface area (Å²) in [5, 5.41) is 0. The molecule has 0 saturated carbocycles. The zero-order chi connectivity index (χ0) is 20.9. The van der Waals surface area contributed by atoms with Gasteiger partial charge in [-0.2, -0.15) is 0 Å². The minimum atomic E-state index is -4.38. The molecule has 2 aromatic rings. The lowest BCUT2D eigenvalue weighted by molar-refractivity contribution is -0.119. The number of amides is 1. The van der Waals surface area contributed by atoms with Gasteiger partial charge in [-0.05, 0) is 24.5 Å². The highest BCUT2D eigenvalue weighted by Gasteiger charge is 2.33. The molecule has 1 aromatic carbocycles. The molecule has 28 heavy (non-hydrogen) atoms. The molecule has 1 aromatic heterocycles. The number of benzene rings is 1. The first-order chi connectivity index (χ1) is 13.2. The number of carbonyl (C=O) groups is 3. The third-order valence-corrected chi connectivity index (χ3v) is 7.01. The molecule has 0 radical (unpaired) electrons. The first kappa shape index (κ1) is 21.6. The average molecular weight is 425 g/mol. The molecule has 1 N–H and O–H groups in total. The largest absolute Gasteiger partial charge is 0.465 e. The SMILES string of the molecule is COC(=O)c1sc(S(=O)(=O)NC(=O)CCc2ccccc2)c(C(=O)OC)c1C. The van der Waals surface area contributed by atoms with Gasteiger partial charge in [0, 0.05) is 6.42 Å². The van der Waals surface area contributed by atoms with Gasteiger partial charge in [0.05, 0.1) is 19.8 Å². The molecule has 0 aliphatic carbocycles. The second kappa shape index (κ2) is 8.98. The van der Waals surface area contributed by atoms with E-state index < -0.39 is 32.1 Å². The lowest BCUT2D eigenvalue weighted by Crippen LogP contribution is -2.31. The van der Waals surface area contributed by atoms with Crippen molar-refractivity contribution in [3.8, 4) is 0 Å². The van der Waals surface area contributed by atoms with Crippen LogP contribution in [0.2, 0.25) is 0 Å². The highest BCUT2D eigenvalue weighted by Crippen LogP contribution is 2.33. The number of methoxy groups -OCH3 is 2. The maximum atomic E-state index is 12.7. The summed E-state index contributed by atoms with van der Waals surface area (Å²) in [7, 11) is -2.16. The van der Waals surface area contributed by atoms with E-state index >= 15 is 0 Å². The molecule has 0 aliphatic rings. The van der Waals surface area contributed by atoms with E-state index in [0.29, 0.717) is 17.8 Å². The van der Waals surface area contributed by atoms with Gasteiger partial charge in [-0.15, -0.1) is 11.3 Å². The van der Waals surface area contributed by atoms with Crippen LogP contribution in [0.1, 0.15) is 37.6 Å². The number of aryl methyl sites for hydroxylation is 1. The maximum Gasteiger partial charge on any atom is 0.348 e. The highest BCUT2D eigenvalue weighted by molar-refractivity contribution is 7.92. The minimum Gasteiger partial charge on any atom is -0.465 e. The molecule has 2 rings (SSSR count). The monoisotopic (exact) mass is 425 g/mol. The van der Waals surface area contributed by atoms with E-state index in [1.165, 1.54) is 6.92 Å². The predicted molar refractivity (Wildman–Crippen MR) is 102 cm³/mol. The van der Waals surface area contributed by atoms with Gasteiger partial charge in [-0.1, -0.05) is 30.3 Å². The fraction of sp³-hybridized carbons (Fsp3) is 0.278. The third kappa shape index (κ3) is 4.76. The Morgan fingerprint density at radius 3 is 2.21 bits per heavy atom. The summed E-state index contributed by atoms with van der Waals surface area (Å²) in [5.41, 5.74) is 0.697. The Labute approximate surface area is 166 Å². The summed E-state index contributed by atoms with van der Waals surface area (Å²) in [5.74, 6) is -2.45. The fourth-order valence-corrected chi connectivity index (χ4v) is 5.21. The Morgan fingerprint density at radius 2 is 1.64 bits per heavy atom. The van der Waals surface area contributed by atoms with Crippen LogP contribution in [0.25, 0.3) is 0 Å². The number of carbonyl (C=O) groups excluding carboxylic acids is 3. The molecule has 1 heterocycles. The molecule has 0 bridgehead atoms. The first-order valence-electron chi connectivity index (χ1n) is 8.10. The Kier molecular flexibility index (Phi) is 6.92. The number of sulfonamides is 1. The Morgan fingerprint density at radius 1 is 1.04 bits per heavy atom. The van der Waals surface area contributed by atoms with Crippen LogP contribution in [0, 0.1) is 6.92 Å². The van der Waals surface area contributed by atoms with Crippen LogP contribution in [0.15, 0.2) is 34.5 Å². The highest BCUT2D eigenvalue weighted by atomic mass is 32.2. The molecule has 0 aliphatic heterocycles. The number of rotatable bonds is 7. The van der Waals surface area contributed by atoms with Gasteiger partial charge in [0.1, 0.15) is 4.88 Å². The van der Waals surface area contributed by atoms with Crippen molar-refractivity contribution in [1.29, 1.82) is 0 Å². The van der Waals surface area contributed by atoms with Crippen molar-refractivity contribution < 1.29 is 32.3 Å². The number of nitrogens with one attached hydrogen (secondary N) is 1. The number of hydrogen-bond acceptors (Lipinski definition) is 8. The number of thiophene rings is 1. The number of hydrogen-bond donors (Lipinski definition) is 1. The zero-order valence-electron chi connectivity index (χ0n) is 15.5. The first-order valence-corrected chi connectivity index (χ1v) is 10.4. The van der Waals surface area contributed by atoms with Crippen LogP contribution in [-0.2, 0) is 30.7 Å². The lowest BCUT2D eigenvalue weighted by atomic mass is 10.1. The molecular formula is C18H19NO7S2. The second-order valence-electron chi connectivity index (χ2n) is 5.72. The summed E-state index contributed by atoms with van der Waals surface area (Å²) in [6, 6.07) is 9.11. The molecule has 0 spiro atoms. The lowest BCUT2D eigenvalue weighted by Gasteiger charge is -2.07. The van der Waals surface area contributed by atoms with Crippen LogP contribution in [-0.4, -0.2) is 40.5 Å². The summed E-state index contributed by atoms with van der Waals surface area (Å²) < 4.78 is 36.1. The topological polar surface area (TPSA) is 116 Å². The minimum absolute atomic E-state index is 0.0555. The van der Waals surface area contributed by atoms with E-state index in [1.54, 1.807) is 0 Å². The van der Waals surface area contributed by atoms with Gasteiger partial charge < -0.3 is 9.47 Å². The smallest absolute Gasteiger partial charge is 0.348 e. The van der Waals surface area contributed by atoms with Crippen molar-refractivity contribution in [3.63, 3.8) is 0 Å². The van der Waals surface area contributed by atoms with Crippen molar-refractivity contribution in [1.82, 2.24) is 4.72 Å². The molecule has 0 unspecified atom stereocenters.